The van der Waals surface area contributed by atoms with E-state index < -0.39 is 0 Å². The number of alkyl halides is 1. The quantitative estimate of drug-likeness (QED) is 0.0784. The van der Waals surface area contributed by atoms with Gasteiger partial charge in [-0.25, -0.2) is 0 Å². The number of aliphatic hydroxyl groups is 2. The van der Waals surface area contributed by atoms with Crippen LogP contribution in [0.1, 0.15) is 92.2 Å². The molecular formula is C53H72BBr3O7. The monoisotopic (exact) mass is 1070 g/mol. The maximum absolute atomic E-state index is 8.91. The minimum Gasteiger partial charge on any atom is -0.502 e. The summed E-state index contributed by atoms with van der Waals surface area (Å²) in [7, 11) is 3.75. The van der Waals surface area contributed by atoms with Gasteiger partial charge in [0.25, 0.3) is 0 Å². The van der Waals surface area contributed by atoms with Crippen LogP contribution in [0.3, 0.4) is 0 Å². The summed E-state index contributed by atoms with van der Waals surface area (Å²) in [5.41, 5.74) is 6.78. The smallest absolute Gasteiger partial charge is 0.158 e. The van der Waals surface area contributed by atoms with Gasteiger partial charge in [0.2, 0.25) is 0 Å². The third-order valence-corrected chi connectivity index (χ3v) is 11.3. The molecule has 64 heavy (non-hydrogen) atoms. The SMILES string of the molecule is Brc1ccccc1COC1CCCCO1.C.C1=COCCC1.C=CCBr.C=CCc1ccccc1CO.C=CCc1ccccc1COC1CCCCO1.OCc1ccccc1Br.[3H][B]. The molecule has 0 amide bonds. The lowest BCUT2D eigenvalue weighted by Gasteiger charge is -2.23. The van der Waals surface area contributed by atoms with E-state index >= 15 is 0 Å². The molecule has 2 radical (unpaired) electrons. The fraction of sp³-hybridized carbons (Fsp3) is 0.396. The normalized spacial score (nSPS) is 15.7. The van der Waals surface area contributed by atoms with E-state index in [0.717, 1.165) is 89.3 Å². The van der Waals surface area contributed by atoms with Crippen molar-refractivity contribution in [3.05, 3.63) is 190 Å². The Morgan fingerprint density at radius 1 is 0.594 bits per heavy atom. The third kappa shape index (κ3) is 28.1. The van der Waals surface area contributed by atoms with E-state index in [9.17, 15) is 0 Å². The number of hydrogen-bond acceptors (Lipinski definition) is 7. The Kier molecular flexibility index (Phi) is 38.1. The van der Waals surface area contributed by atoms with Gasteiger partial charge in [0.15, 0.2) is 12.6 Å². The average Bonchev–Trinajstić information content (AvgIpc) is 3.37. The number of rotatable bonds is 13. The molecule has 2 saturated heterocycles. The van der Waals surface area contributed by atoms with Crippen molar-refractivity contribution in [2.75, 3.05) is 25.2 Å². The van der Waals surface area contributed by atoms with E-state index in [1.165, 1.54) is 42.4 Å². The molecule has 0 aliphatic carbocycles. The zero-order valence-electron chi connectivity index (χ0n) is 37.8. The van der Waals surface area contributed by atoms with Gasteiger partial charge in [0, 0.05) is 35.9 Å². The van der Waals surface area contributed by atoms with Crippen molar-refractivity contribution in [3.63, 3.8) is 0 Å². The highest BCUT2D eigenvalue weighted by Crippen LogP contribution is 2.21. The largest absolute Gasteiger partial charge is 0.502 e. The molecule has 7 rings (SSSR count). The van der Waals surface area contributed by atoms with Crippen LogP contribution < -0.4 is 0 Å². The predicted octanol–water partition coefficient (Wildman–Crippen LogP) is 13.7. The standard InChI is InChI=1S/C15H20O2.C12H15BrO2.C10H12O.C7H7BrO.C5H8O.C3H5Br.CH4.BH/c1-2-7-13-8-3-4-9-14(13)12-17-15-10-5-6-11-16-15;13-11-6-2-1-5-10(11)9-15-12-7-3-4-8-14-12;1-2-5-9-6-3-4-7-10(9)8-11;8-7-4-2-1-3-6(7)5-9;1-2-4-6-5-3-1;1-2-3-4;;/h2-4,8-9,15H,1,5-7,10-12H2;1-2,5-6,12H,3-4,7-9H2;2-4,6-7,11H,1,5,8H2;1-4,9H,5H2;2,4H,1,3,5H2;2H,1,3H2;1H4;1H/i;;;;;;;1T. The lowest BCUT2D eigenvalue weighted by atomic mass is 10.1. The second-order valence-corrected chi connectivity index (χ2v) is 16.4. The van der Waals surface area contributed by atoms with Crippen molar-refractivity contribution in [1.82, 2.24) is 0 Å². The van der Waals surface area contributed by atoms with E-state index in [0.29, 0.717) is 13.2 Å². The number of benzene rings is 4. The summed E-state index contributed by atoms with van der Waals surface area (Å²) in [4.78, 5) is 0. The van der Waals surface area contributed by atoms with E-state index in [4.69, 9.17) is 35.2 Å². The van der Waals surface area contributed by atoms with E-state index in [1.807, 2.05) is 91.0 Å². The van der Waals surface area contributed by atoms with Gasteiger partial charge in [0.1, 0.15) is 0 Å². The Morgan fingerprint density at radius 3 is 1.36 bits per heavy atom. The first-order chi connectivity index (χ1) is 31.4. The van der Waals surface area contributed by atoms with Crippen LogP contribution in [0.5, 0.6) is 0 Å². The summed E-state index contributed by atoms with van der Waals surface area (Å²) in [5, 5.41) is 18.5. The van der Waals surface area contributed by atoms with Crippen LogP contribution in [0.25, 0.3) is 0 Å². The molecule has 3 aliphatic heterocycles. The second-order valence-electron chi connectivity index (χ2n) is 14.1. The number of halogens is 3. The summed E-state index contributed by atoms with van der Waals surface area (Å²) in [6.45, 7) is 14.9. The van der Waals surface area contributed by atoms with Crippen molar-refractivity contribution < 1.29 is 33.9 Å². The van der Waals surface area contributed by atoms with Crippen LogP contribution in [0, 0.1) is 0 Å². The first kappa shape index (κ1) is 58.9. The highest BCUT2D eigenvalue weighted by molar-refractivity contribution is 9.11. The highest BCUT2D eigenvalue weighted by atomic mass is 79.9. The Hall–Kier alpha value is -3.10. The predicted molar refractivity (Wildman–Crippen MR) is 280 cm³/mol. The molecule has 0 aromatic heterocycles. The second kappa shape index (κ2) is 41.3. The van der Waals surface area contributed by atoms with Crippen LogP contribution >= 0.6 is 47.8 Å². The Labute approximate surface area is 414 Å². The molecule has 2 fully saturated rings. The van der Waals surface area contributed by atoms with Crippen molar-refractivity contribution in [2.24, 2.45) is 0 Å². The molecule has 7 nitrogen and oxygen atoms in total. The molecule has 0 saturated carbocycles. The topological polar surface area (TPSA) is 86.6 Å². The summed E-state index contributed by atoms with van der Waals surface area (Å²) in [6, 6.07) is 31.9. The van der Waals surface area contributed by atoms with Crippen molar-refractivity contribution in [2.45, 2.75) is 111 Å². The number of hydrogen-bond donors (Lipinski definition) is 2. The molecular weight excluding hydrogens is 999 g/mol. The van der Waals surface area contributed by atoms with Gasteiger partial charge < -0.3 is 33.9 Å². The molecule has 11 heteroatoms. The fourth-order valence-electron chi connectivity index (χ4n) is 5.90. The molecule has 3 aliphatic rings. The summed E-state index contributed by atoms with van der Waals surface area (Å²) < 4.78 is 34.8. The summed E-state index contributed by atoms with van der Waals surface area (Å²) in [6.07, 6.45) is 20.2. The molecule has 0 bridgehead atoms. The first-order valence-electron chi connectivity index (χ1n) is 21.9. The zero-order chi connectivity index (χ0) is 46.9. The van der Waals surface area contributed by atoms with Crippen LogP contribution in [-0.2, 0) is 63.0 Å². The Bertz CT molecular complexity index is 1790. The van der Waals surface area contributed by atoms with Crippen LogP contribution in [0.4, 0.5) is 0 Å². The van der Waals surface area contributed by atoms with Crippen molar-refractivity contribution in [3.8, 4) is 0 Å². The third-order valence-electron chi connectivity index (χ3n) is 9.28. The number of allylic oxidation sites excluding steroid dienone is 4. The van der Waals surface area contributed by atoms with Crippen LogP contribution in [0.15, 0.2) is 156 Å². The zero-order valence-corrected chi connectivity index (χ0v) is 41.5. The molecule has 2 N–H and O–H groups in total. The van der Waals surface area contributed by atoms with Crippen molar-refractivity contribution in [1.29, 1.82) is 1.34 Å². The van der Waals surface area contributed by atoms with Crippen LogP contribution in [-0.4, -0.2) is 57.7 Å². The lowest BCUT2D eigenvalue weighted by Crippen LogP contribution is -2.22. The minimum absolute atomic E-state index is 0. The van der Waals surface area contributed by atoms with Gasteiger partial charge >= 0.3 is 0 Å². The van der Waals surface area contributed by atoms with E-state index in [2.05, 4.69) is 100 Å². The van der Waals surface area contributed by atoms with Gasteiger partial charge in [-0.1, -0.05) is 158 Å². The molecule has 2 atom stereocenters. The first-order valence-corrected chi connectivity index (χ1v) is 24.0. The van der Waals surface area contributed by atoms with Gasteiger partial charge in [-0.3, -0.25) is 0 Å². The molecule has 0 spiro atoms. The molecule has 350 valence electrons. The minimum atomic E-state index is -0.0134. The molecule has 2 unspecified atom stereocenters. The van der Waals surface area contributed by atoms with Gasteiger partial charge in [-0.15, -0.1) is 19.7 Å². The van der Waals surface area contributed by atoms with E-state index in [-0.39, 0.29) is 33.2 Å². The number of aliphatic hydroxyl groups excluding tert-OH is 2. The highest BCUT2D eigenvalue weighted by Gasteiger charge is 2.15. The summed E-state index contributed by atoms with van der Waals surface area (Å²) >= 11 is 9.93. The molecule has 4 aromatic rings. The Morgan fingerprint density at radius 2 is 1.02 bits per heavy atom. The molecule has 3 heterocycles. The van der Waals surface area contributed by atoms with E-state index in [1.54, 1.807) is 12.3 Å². The maximum Gasteiger partial charge on any atom is 0.158 e. The van der Waals surface area contributed by atoms with Gasteiger partial charge in [-0.2, -0.15) is 0 Å². The number of ether oxygens (including phenoxy) is 5. The fourth-order valence-corrected chi connectivity index (χ4v) is 6.71. The lowest BCUT2D eigenvalue weighted by molar-refractivity contribution is -0.169. The van der Waals surface area contributed by atoms with Crippen molar-refractivity contribution >= 4 is 56.2 Å². The molecule has 4 aromatic carbocycles. The van der Waals surface area contributed by atoms with Crippen LogP contribution in [0.2, 0.25) is 0 Å². The Balaban J connectivity index is 0.000000785. The van der Waals surface area contributed by atoms with Gasteiger partial charge in [0.05, 0.1) is 39.3 Å². The summed E-state index contributed by atoms with van der Waals surface area (Å²) in [5.74, 6) is 0. The van der Waals surface area contributed by atoms with Gasteiger partial charge in [-0.05, 0) is 117 Å². The average molecular weight is 1070 g/mol. The maximum atomic E-state index is 8.91.